The Labute approximate surface area is 143 Å². The average molecular weight is 353 g/mol. The van der Waals surface area contributed by atoms with Crippen LogP contribution in [-0.2, 0) is 19.0 Å². The Bertz CT molecular complexity index is 758. The molecule has 0 unspecified atom stereocenters. The summed E-state index contributed by atoms with van der Waals surface area (Å²) in [5, 5.41) is 0. The summed E-state index contributed by atoms with van der Waals surface area (Å²) in [6.45, 7) is 4.17. The van der Waals surface area contributed by atoms with Gasteiger partial charge in [-0.05, 0) is 13.8 Å². The van der Waals surface area contributed by atoms with Crippen molar-refractivity contribution in [2.75, 3.05) is 37.2 Å². The van der Waals surface area contributed by atoms with Crippen molar-refractivity contribution < 1.29 is 28.5 Å². The molecular formula is C15H19N3O7. The molecule has 1 saturated heterocycles. The zero-order valence-corrected chi connectivity index (χ0v) is 14.1. The largest absolute Gasteiger partial charge is 0.515 e. The van der Waals surface area contributed by atoms with E-state index in [1.807, 2.05) is 4.90 Å². The van der Waals surface area contributed by atoms with E-state index in [0.717, 1.165) is 0 Å². The molecular weight excluding hydrogens is 334 g/mol. The summed E-state index contributed by atoms with van der Waals surface area (Å²) in [5.74, 6) is -0.506. The highest BCUT2D eigenvalue weighted by Gasteiger charge is 2.38. The maximum atomic E-state index is 12.2. The van der Waals surface area contributed by atoms with E-state index in [2.05, 4.69) is 10.2 Å². The van der Waals surface area contributed by atoms with E-state index >= 15 is 0 Å². The predicted molar refractivity (Wildman–Crippen MR) is 85.2 cm³/mol. The molecule has 10 heteroatoms. The summed E-state index contributed by atoms with van der Waals surface area (Å²) >= 11 is 0. The number of carbonyl (C=O) groups is 2. The van der Waals surface area contributed by atoms with Crippen LogP contribution in [0.5, 0.6) is 5.75 Å². The third-order valence-corrected chi connectivity index (χ3v) is 3.92. The summed E-state index contributed by atoms with van der Waals surface area (Å²) in [4.78, 5) is 37.8. The molecule has 1 atom stereocenters. The molecule has 136 valence electrons. The van der Waals surface area contributed by atoms with Crippen LogP contribution in [0.2, 0.25) is 0 Å². The number of fused-ring (bicyclic) bond motifs is 3. The van der Waals surface area contributed by atoms with Crippen LogP contribution in [0.4, 0.5) is 10.6 Å². The highest BCUT2D eigenvalue weighted by Crippen LogP contribution is 2.31. The predicted octanol–water partition coefficient (Wildman–Crippen LogP) is 0.0351. The fourth-order valence-corrected chi connectivity index (χ4v) is 2.70. The molecule has 0 bridgehead atoms. The number of nitrogens with zero attached hydrogens (tertiary/aromatic N) is 2. The summed E-state index contributed by atoms with van der Waals surface area (Å²) in [7, 11) is 1.18. The van der Waals surface area contributed by atoms with E-state index in [0.29, 0.717) is 25.6 Å². The molecule has 0 aliphatic carbocycles. The molecule has 0 aromatic carbocycles. The molecule has 0 radical (unpaired) electrons. The summed E-state index contributed by atoms with van der Waals surface area (Å²) in [6.07, 6.45) is 0.214. The normalized spacial score (nSPS) is 18.7. The molecule has 1 aromatic rings. The van der Waals surface area contributed by atoms with Gasteiger partial charge in [0.25, 0.3) is 0 Å². The first-order chi connectivity index (χ1) is 11.8. The van der Waals surface area contributed by atoms with Gasteiger partial charge >= 0.3 is 12.1 Å². The van der Waals surface area contributed by atoms with E-state index in [1.165, 1.54) is 27.0 Å². The van der Waals surface area contributed by atoms with Gasteiger partial charge in [-0.2, -0.15) is 0 Å². The monoisotopic (exact) mass is 353 g/mol. The number of carbonyl (C=O) groups excluding carboxylic acids is 2. The molecule has 0 amide bonds. The Morgan fingerprint density at radius 2 is 2.16 bits per heavy atom. The van der Waals surface area contributed by atoms with Crippen LogP contribution >= 0.6 is 0 Å². The van der Waals surface area contributed by atoms with Gasteiger partial charge in [0.1, 0.15) is 6.17 Å². The van der Waals surface area contributed by atoms with Crippen molar-refractivity contribution in [3.05, 3.63) is 22.5 Å². The minimum atomic E-state index is -1.54. The van der Waals surface area contributed by atoms with Crippen LogP contribution < -0.4 is 20.5 Å². The Hall–Kier alpha value is -2.75. The van der Waals surface area contributed by atoms with E-state index < -0.39 is 23.2 Å². The molecule has 0 spiro atoms. The highest BCUT2D eigenvalue weighted by atomic mass is 16.7. The number of hydrogen-bond acceptors (Lipinski definition) is 9. The third-order valence-electron chi connectivity index (χ3n) is 3.92. The number of aromatic nitrogens is 1. The number of ether oxygens (including phenoxy) is 4. The standard InChI is InChI=1S/C15H19N3O7/c1-15(2,13(20)22-3)25-14(21)24-11-9(19)4-5-18-12(11)17-6-7-23-8-10(17)16-18/h4-5,10,16H,6-8H2,1-3H3/t10-/m0/s1. The quantitative estimate of drug-likeness (QED) is 0.753. The van der Waals surface area contributed by atoms with Crippen molar-refractivity contribution in [2.24, 2.45) is 0 Å². The Morgan fingerprint density at radius 3 is 2.88 bits per heavy atom. The summed E-state index contributed by atoms with van der Waals surface area (Å²) < 4.78 is 21.7. The first kappa shape index (κ1) is 17.1. The minimum absolute atomic E-state index is 0.166. The summed E-state index contributed by atoms with van der Waals surface area (Å²) in [6, 6.07) is 1.27. The Kier molecular flexibility index (Phi) is 4.29. The molecule has 10 nitrogen and oxygen atoms in total. The van der Waals surface area contributed by atoms with Crippen LogP contribution in [-0.4, -0.2) is 55.4 Å². The van der Waals surface area contributed by atoms with E-state index in [9.17, 15) is 14.4 Å². The number of hydrogen-bond donors (Lipinski definition) is 1. The van der Waals surface area contributed by atoms with Crippen LogP contribution in [0.15, 0.2) is 17.1 Å². The molecule has 3 heterocycles. The lowest BCUT2D eigenvalue weighted by Gasteiger charge is -2.30. The van der Waals surface area contributed by atoms with Crippen LogP contribution in [0, 0.1) is 0 Å². The fourth-order valence-electron chi connectivity index (χ4n) is 2.70. The Morgan fingerprint density at radius 1 is 1.40 bits per heavy atom. The molecule has 1 N–H and O–H groups in total. The average Bonchev–Trinajstić information content (AvgIpc) is 2.95. The highest BCUT2D eigenvalue weighted by molar-refractivity contribution is 5.81. The van der Waals surface area contributed by atoms with Gasteiger partial charge in [-0.25, -0.2) is 14.3 Å². The van der Waals surface area contributed by atoms with Gasteiger partial charge in [0.15, 0.2) is 5.82 Å². The second-order valence-electron chi connectivity index (χ2n) is 6.07. The van der Waals surface area contributed by atoms with E-state index in [1.54, 1.807) is 10.9 Å². The molecule has 3 rings (SSSR count). The number of rotatable bonds is 3. The number of pyridine rings is 1. The number of methoxy groups -OCH3 is 1. The van der Waals surface area contributed by atoms with Gasteiger partial charge in [-0.15, -0.1) is 0 Å². The molecule has 2 aliphatic rings. The zero-order valence-electron chi connectivity index (χ0n) is 14.1. The number of morpholine rings is 1. The first-order valence-corrected chi connectivity index (χ1v) is 7.69. The topological polar surface area (TPSA) is 108 Å². The first-order valence-electron chi connectivity index (χ1n) is 7.69. The molecule has 0 saturated carbocycles. The lowest BCUT2D eigenvalue weighted by Crippen LogP contribution is -2.46. The molecule has 25 heavy (non-hydrogen) atoms. The SMILES string of the molecule is COC(=O)C(C)(C)OC(=O)Oc1c2n(ccc1=O)N[C@@H]1COCCN21. The van der Waals surface area contributed by atoms with Crippen LogP contribution in [0.1, 0.15) is 13.8 Å². The minimum Gasteiger partial charge on any atom is -0.466 e. The smallest absolute Gasteiger partial charge is 0.466 e. The van der Waals surface area contributed by atoms with Gasteiger partial charge in [0, 0.05) is 18.8 Å². The van der Waals surface area contributed by atoms with Gasteiger partial charge in [0.05, 0.1) is 20.3 Å². The van der Waals surface area contributed by atoms with Crippen LogP contribution in [0.3, 0.4) is 0 Å². The number of esters is 1. The third kappa shape index (κ3) is 3.12. The van der Waals surface area contributed by atoms with Gasteiger partial charge in [-0.3, -0.25) is 10.2 Å². The fraction of sp³-hybridized carbons (Fsp3) is 0.533. The van der Waals surface area contributed by atoms with E-state index in [-0.39, 0.29) is 11.9 Å². The second-order valence-corrected chi connectivity index (χ2v) is 6.07. The molecule has 2 aliphatic heterocycles. The zero-order chi connectivity index (χ0) is 18.2. The maximum absolute atomic E-state index is 12.2. The van der Waals surface area contributed by atoms with Crippen molar-refractivity contribution >= 4 is 17.9 Å². The van der Waals surface area contributed by atoms with Crippen molar-refractivity contribution in [3.63, 3.8) is 0 Å². The summed E-state index contributed by atoms with van der Waals surface area (Å²) in [5.41, 5.74) is 1.10. The lowest BCUT2D eigenvalue weighted by atomic mass is 10.1. The molecule has 1 fully saturated rings. The number of anilines is 1. The second kappa shape index (κ2) is 6.28. The van der Waals surface area contributed by atoms with Gasteiger partial charge in [0.2, 0.25) is 16.8 Å². The van der Waals surface area contributed by atoms with Crippen molar-refractivity contribution in [1.29, 1.82) is 0 Å². The van der Waals surface area contributed by atoms with Crippen molar-refractivity contribution in [1.82, 2.24) is 4.68 Å². The van der Waals surface area contributed by atoms with Crippen molar-refractivity contribution in [3.8, 4) is 5.75 Å². The lowest BCUT2D eigenvalue weighted by molar-refractivity contribution is -0.160. The maximum Gasteiger partial charge on any atom is 0.515 e. The van der Waals surface area contributed by atoms with Crippen LogP contribution in [0.25, 0.3) is 0 Å². The van der Waals surface area contributed by atoms with E-state index in [4.69, 9.17) is 14.2 Å². The van der Waals surface area contributed by atoms with Crippen molar-refractivity contribution in [2.45, 2.75) is 25.6 Å². The van der Waals surface area contributed by atoms with Gasteiger partial charge in [-0.1, -0.05) is 0 Å². The Balaban J connectivity index is 1.85. The number of nitrogens with one attached hydrogen (secondary N) is 1. The molecule has 1 aromatic heterocycles. The van der Waals surface area contributed by atoms with Gasteiger partial charge < -0.3 is 23.8 Å².